The molecule has 0 aromatic heterocycles. The lowest BCUT2D eigenvalue weighted by atomic mass is 9.98. The van der Waals surface area contributed by atoms with Crippen LogP contribution in [0.1, 0.15) is 11.6 Å². The van der Waals surface area contributed by atoms with Gasteiger partial charge in [0, 0.05) is 17.6 Å². The highest BCUT2D eigenvalue weighted by Gasteiger charge is 2.30. The summed E-state index contributed by atoms with van der Waals surface area (Å²) < 4.78 is 7.00. The number of hydrogen-bond acceptors (Lipinski definition) is 3. The van der Waals surface area contributed by atoms with Crippen molar-refractivity contribution < 1.29 is 4.74 Å². The van der Waals surface area contributed by atoms with Crippen molar-refractivity contribution in [3.05, 3.63) is 34.3 Å². The summed E-state index contributed by atoms with van der Waals surface area (Å²) in [6, 6.07) is 8.81. The van der Waals surface area contributed by atoms with Gasteiger partial charge in [-0.25, -0.2) is 0 Å². The minimum absolute atomic E-state index is 0.216. The molecule has 1 heterocycles. The zero-order valence-electron chi connectivity index (χ0n) is 10.3. The Morgan fingerprint density at radius 3 is 3.06 bits per heavy atom. The van der Waals surface area contributed by atoms with Gasteiger partial charge in [-0.05, 0) is 31.8 Å². The van der Waals surface area contributed by atoms with Crippen LogP contribution in [-0.4, -0.2) is 44.8 Å². The lowest BCUT2D eigenvalue weighted by Crippen LogP contribution is -2.46. The van der Waals surface area contributed by atoms with Gasteiger partial charge >= 0.3 is 0 Å². The predicted molar refractivity (Wildman–Crippen MR) is 73.2 cm³/mol. The fraction of sp³-hybridized carbons (Fsp3) is 0.538. The molecule has 2 unspecified atom stereocenters. The third-order valence-corrected chi connectivity index (χ3v) is 3.69. The molecular formula is C13H19BrN2O. The lowest BCUT2D eigenvalue weighted by Gasteiger charge is -2.39. The first-order chi connectivity index (χ1) is 8.22. The first-order valence-corrected chi connectivity index (χ1v) is 6.73. The molecule has 1 aromatic rings. The average Bonchev–Trinajstić information content (AvgIpc) is 2.29. The standard InChI is InChI=1S/C13H19BrN2O/c1-15-9-12-13(16(2)6-7-17-12)10-4-3-5-11(14)8-10/h3-5,8,12-13,15H,6-7,9H2,1-2H3. The molecule has 0 radical (unpaired) electrons. The summed E-state index contributed by atoms with van der Waals surface area (Å²) in [6.07, 6.45) is 0.216. The molecule has 1 aromatic carbocycles. The van der Waals surface area contributed by atoms with E-state index in [0.29, 0.717) is 6.04 Å². The van der Waals surface area contributed by atoms with Crippen LogP contribution in [0.25, 0.3) is 0 Å². The van der Waals surface area contributed by atoms with Crippen LogP contribution in [0.5, 0.6) is 0 Å². The summed E-state index contributed by atoms with van der Waals surface area (Å²) in [4.78, 5) is 2.37. The molecule has 3 nitrogen and oxygen atoms in total. The van der Waals surface area contributed by atoms with E-state index in [9.17, 15) is 0 Å². The van der Waals surface area contributed by atoms with Gasteiger partial charge in [-0.15, -0.1) is 0 Å². The monoisotopic (exact) mass is 298 g/mol. The normalized spacial score (nSPS) is 26.1. The second-order valence-electron chi connectivity index (χ2n) is 4.45. The number of likely N-dealkylation sites (N-methyl/N-ethyl adjacent to an activating group) is 2. The number of benzene rings is 1. The van der Waals surface area contributed by atoms with Crippen LogP contribution in [0.3, 0.4) is 0 Å². The van der Waals surface area contributed by atoms with E-state index in [-0.39, 0.29) is 6.10 Å². The highest BCUT2D eigenvalue weighted by atomic mass is 79.9. The number of hydrogen-bond donors (Lipinski definition) is 1. The van der Waals surface area contributed by atoms with E-state index in [1.807, 2.05) is 7.05 Å². The van der Waals surface area contributed by atoms with Gasteiger partial charge in [-0.2, -0.15) is 0 Å². The van der Waals surface area contributed by atoms with Crippen LogP contribution in [0.2, 0.25) is 0 Å². The third kappa shape index (κ3) is 3.07. The van der Waals surface area contributed by atoms with Crippen molar-refractivity contribution in [2.45, 2.75) is 12.1 Å². The topological polar surface area (TPSA) is 24.5 Å². The minimum atomic E-state index is 0.216. The maximum atomic E-state index is 5.88. The van der Waals surface area contributed by atoms with Gasteiger partial charge in [-0.3, -0.25) is 4.90 Å². The molecule has 0 aliphatic carbocycles. The van der Waals surface area contributed by atoms with Gasteiger partial charge in [0.05, 0.1) is 18.8 Å². The molecule has 0 spiro atoms. The van der Waals surface area contributed by atoms with Gasteiger partial charge < -0.3 is 10.1 Å². The maximum absolute atomic E-state index is 5.88. The zero-order valence-corrected chi connectivity index (χ0v) is 11.9. The molecule has 1 fully saturated rings. The van der Waals surface area contributed by atoms with Crippen LogP contribution in [0.4, 0.5) is 0 Å². The molecule has 2 rings (SSSR count). The fourth-order valence-corrected chi connectivity index (χ4v) is 2.81. The van der Waals surface area contributed by atoms with E-state index < -0.39 is 0 Å². The molecule has 4 heteroatoms. The number of nitrogens with one attached hydrogen (secondary N) is 1. The van der Waals surface area contributed by atoms with Gasteiger partial charge in [0.25, 0.3) is 0 Å². The van der Waals surface area contributed by atoms with E-state index in [1.165, 1.54) is 5.56 Å². The highest BCUT2D eigenvalue weighted by Crippen LogP contribution is 2.29. The van der Waals surface area contributed by atoms with Gasteiger partial charge in [0.1, 0.15) is 0 Å². The molecule has 0 saturated carbocycles. The maximum Gasteiger partial charge on any atom is 0.0896 e. The molecule has 1 N–H and O–H groups in total. The third-order valence-electron chi connectivity index (χ3n) is 3.20. The molecule has 94 valence electrons. The summed E-state index contributed by atoms with van der Waals surface area (Å²) in [7, 11) is 4.13. The Hall–Kier alpha value is -0.420. The molecule has 2 atom stereocenters. The second kappa shape index (κ2) is 5.96. The molecule has 0 bridgehead atoms. The Balaban J connectivity index is 2.24. The van der Waals surface area contributed by atoms with Crippen molar-refractivity contribution >= 4 is 15.9 Å². The fourth-order valence-electron chi connectivity index (χ4n) is 2.39. The van der Waals surface area contributed by atoms with E-state index in [4.69, 9.17) is 4.74 Å². The van der Waals surface area contributed by atoms with Crippen molar-refractivity contribution in [3.63, 3.8) is 0 Å². The first-order valence-electron chi connectivity index (χ1n) is 5.94. The summed E-state index contributed by atoms with van der Waals surface area (Å²) >= 11 is 3.53. The molecule has 0 amide bonds. The quantitative estimate of drug-likeness (QED) is 0.924. The summed E-state index contributed by atoms with van der Waals surface area (Å²) in [5, 5.41) is 3.21. The second-order valence-corrected chi connectivity index (χ2v) is 5.36. The summed E-state index contributed by atoms with van der Waals surface area (Å²) in [5.74, 6) is 0. The highest BCUT2D eigenvalue weighted by molar-refractivity contribution is 9.10. The van der Waals surface area contributed by atoms with E-state index >= 15 is 0 Å². The molecular weight excluding hydrogens is 280 g/mol. The minimum Gasteiger partial charge on any atom is -0.374 e. The number of halogens is 1. The van der Waals surface area contributed by atoms with Gasteiger partial charge in [0.15, 0.2) is 0 Å². The van der Waals surface area contributed by atoms with Crippen molar-refractivity contribution in [2.75, 3.05) is 33.8 Å². The average molecular weight is 299 g/mol. The van der Waals surface area contributed by atoms with E-state index in [2.05, 4.69) is 57.5 Å². The molecule has 17 heavy (non-hydrogen) atoms. The summed E-state index contributed by atoms with van der Waals surface area (Å²) in [5.41, 5.74) is 1.31. The van der Waals surface area contributed by atoms with Crippen LogP contribution < -0.4 is 5.32 Å². The zero-order chi connectivity index (χ0) is 12.3. The van der Waals surface area contributed by atoms with Crippen molar-refractivity contribution in [2.24, 2.45) is 0 Å². The number of ether oxygens (including phenoxy) is 1. The lowest BCUT2D eigenvalue weighted by molar-refractivity contribution is -0.0606. The SMILES string of the molecule is CNCC1OCCN(C)C1c1cccc(Br)c1. The number of morpholine rings is 1. The van der Waals surface area contributed by atoms with Crippen LogP contribution in [0, 0.1) is 0 Å². The van der Waals surface area contributed by atoms with Crippen molar-refractivity contribution in [3.8, 4) is 0 Å². The largest absolute Gasteiger partial charge is 0.374 e. The molecule has 1 saturated heterocycles. The predicted octanol–water partition coefficient (Wildman–Crippen LogP) is 2.04. The first kappa shape index (κ1) is 13.0. The Kier molecular flexibility index (Phi) is 4.56. The molecule has 1 aliphatic heterocycles. The van der Waals surface area contributed by atoms with E-state index in [1.54, 1.807) is 0 Å². The van der Waals surface area contributed by atoms with Crippen molar-refractivity contribution in [1.29, 1.82) is 0 Å². The smallest absolute Gasteiger partial charge is 0.0896 e. The molecule has 1 aliphatic rings. The van der Waals surface area contributed by atoms with Crippen LogP contribution in [0.15, 0.2) is 28.7 Å². The van der Waals surface area contributed by atoms with Crippen molar-refractivity contribution in [1.82, 2.24) is 10.2 Å². The summed E-state index contributed by atoms with van der Waals surface area (Å²) in [6.45, 7) is 2.67. The Morgan fingerprint density at radius 1 is 1.53 bits per heavy atom. The number of rotatable bonds is 3. The van der Waals surface area contributed by atoms with Gasteiger partial charge in [-0.1, -0.05) is 28.1 Å². The van der Waals surface area contributed by atoms with Crippen LogP contribution >= 0.6 is 15.9 Å². The Morgan fingerprint density at radius 2 is 2.35 bits per heavy atom. The van der Waals surface area contributed by atoms with E-state index in [0.717, 1.165) is 24.2 Å². The van der Waals surface area contributed by atoms with Crippen LogP contribution in [-0.2, 0) is 4.74 Å². The Labute approximate surface area is 111 Å². The van der Waals surface area contributed by atoms with Gasteiger partial charge in [0.2, 0.25) is 0 Å². The Bertz CT molecular complexity index is 370. The number of nitrogens with zero attached hydrogens (tertiary/aromatic N) is 1.